The number of rotatable bonds is 5. The first kappa shape index (κ1) is 15.0. The third kappa shape index (κ3) is 3.57. The quantitative estimate of drug-likeness (QED) is 0.840. The Morgan fingerprint density at radius 1 is 1.45 bits per heavy atom. The highest BCUT2D eigenvalue weighted by Gasteiger charge is 2.21. The lowest BCUT2D eigenvalue weighted by Gasteiger charge is -2.37. The fraction of sp³-hybridized carbons (Fsp3) is 0.625. The molecule has 112 valence electrons. The van der Waals surface area contributed by atoms with E-state index in [2.05, 4.69) is 43.0 Å². The second kappa shape index (κ2) is 6.84. The zero-order valence-corrected chi connectivity index (χ0v) is 12.9. The molecule has 0 aromatic heterocycles. The summed E-state index contributed by atoms with van der Waals surface area (Å²) < 4.78 is 5.72. The van der Waals surface area contributed by atoms with Crippen LogP contribution >= 0.6 is 0 Å². The number of nitrogens with zero attached hydrogens (tertiary/aromatic N) is 2. The summed E-state index contributed by atoms with van der Waals surface area (Å²) in [7, 11) is 4.36. The van der Waals surface area contributed by atoms with Gasteiger partial charge in [-0.25, -0.2) is 0 Å². The first-order valence-corrected chi connectivity index (χ1v) is 7.55. The van der Waals surface area contributed by atoms with Crippen LogP contribution in [0.15, 0.2) is 18.2 Å². The maximum Gasteiger partial charge on any atom is 0.144 e. The normalized spacial score (nSPS) is 19.9. The van der Waals surface area contributed by atoms with Crippen LogP contribution in [0.25, 0.3) is 0 Å². The van der Waals surface area contributed by atoms with E-state index in [1.807, 2.05) is 6.07 Å². The number of benzene rings is 1. The van der Waals surface area contributed by atoms with Gasteiger partial charge in [-0.3, -0.25) is 0 Å². The third-order valence-electron chi connectivity index (χ3n) is 4.01. The smallest absolute Gasteiger partial charge is 0.144 e. The first-order valence-electron chi connectivity index (χ1n) is 7.55. The van der Waals surface area contributed by atoms with E-state index in [1.165, 1.54) is 25.1 Å². The van der Waals surface area contributed by atoms with Crippen LogP contribution in [0.2, 0.25) is 0 Å². The molecule has 4 heteroatoms. The monoisotopic (exact) mass is 277 g/mol. The zero-order valence-electron chi connectivity index (χ0n) is 12.9. The number of nitrogens with two attached hydrogens (primary N) is 1. The maximum absolute atomic E-state index is 5.98. The number of piperidine rings is 1. The number of hydrogen-bond acceptors (Lipinski definition) is 4. The van der Waals surface area contributed by atoms with Crippen molar-refractivity contribution in [2.75, 3.05) is 44.4 Å². The Labute approximate surface area is 122 Å². The van der Waals surface area contributed by atoms with Crippen molar-refractivity contribution in [2.45, 2.75) is 32.2 Å². The van der Waals surface area contributed by atoms with Crippen molar-refractivity contribution in [3.05, 3.63) is 18.2 Å². The minimum absolute atomic E-state index is 0.566. The highest BCUT2D eigenvalue weighted by molar-refractivity contribution is 5.62. The second-order valence-corrected chi connectivity index (χ2v) is 5.74. The molecule has 0 radical (unpaired) electrons. The summed E-state index contributed by atoms with van der Waals surface area (Å²) in [6, 6.07) is 6.67. The lowest BCUT2D eigenvalue weighted by atomic mass is 10.0. The molecule has 0 amide bonds. The molecule has 0 bridgehead atoms. The van der Waals surface area contributed by atoms with Crippen LogP contribution in [0.1, 0.15) is 26.2 Å². The molecule has 1 aliphatic heterocycles. The molecule has 1 heterocycles. The second-order valence-electron chi connectivity index (χ2n) is 5.74. The van der Waals surface area contributed by atoms with E-state index >= 15 is 0 Å². The zero-order chi connectivity index (χ0) is 14.5. The van der Waals surface area contributed by atoms with Gasteiger partial charge in [-0.1, -0.05) is 6.92 Å². The van der Waals surface area contributed by atoms with Crippen LogP contribution < -0.4 is 15.4 Å². The number of nitrogen functional groups attached to an aromatic ring is 1. The predicted octanol–water partition coefficient (Wildman–Crippen LogP) is 2.59. The molecule has 0 aliphatic carbocycles. The number of likely N-dealkylation sites (N-methyl/N-ethyl adjacent to an activating group) is 2. The van der Waals surface area contributed by atoms with Crippen LogP contribution in [-0.2, 0) is 0 Å². The Morgan fingerprint density at radius 2 is 2.25 bits per heavy atom. The molecule has 1 fully saturated rings. The standard InChI is InChI=1S/C16H27N3O/c1-4-10-20-16-11-13(7-8-15(16)17)19(3)14-6-5-9-18(2)12-14/h7-8,11,14H,4-6,9-10,12,17H2,1-3H3. The lowest BCUT2D eigenvalue weighted by molar-refractivity contribution is 0.248. The van der Waals surface area contributed by atoms with Crippen LogP contribution in [0, 0.1) is 0 Å². The molecule has 1 saturated heterocycles. The van der Waals surface area contributed by atoms with Crippen molar-refractivity contribution in [3.63, 3.8) is 0 Å². The van der Waals surface area contributed by atoms with E-state index in [0.29, 0.717) is 12.6 Å². The Hall–Kier alpha value is -1.42. The van der Waals surface area contributed by atoms with Crippen LogP contribution in [-0.4, -0.2) is 44.7 Å². The molecule has 4 nitrogen and oxygen atoms in total. The van der Waals surface area contributed by atoms with Gasteiger partial charge >= 0.3 is 0 Å². The van der Waals surface area contributed by atoms with Gasteiger partial charge in [0.25, 0.3) is 0 Å². The van der Waals surface area contributed by atoms with Crippen LogP contribution in [0.3, 0.4) is 0 Å². The van der Waals surface area contributed by atoms with E-state index < -0.39 is 0 Å². The Balaban J connectivity index is 2.10. The molecule has 1 aliphatic rings. The summed E-state index contributed by atoms with van der Waals surface area (Å²) in [5.41, 5.74) is 7.88. The average molecular weight is 277 g/mol. The van der Waals surface area contributed by atoms with E-state index in [9.17, 15) is 0 Å². The lowest BCUT2D eigenvalue weighted by Crippen LogP contribution is -2.45. The number of likely N-dealkylation sites (tertiary alicyclic amines) is 1. The van der Waals surface area contributed by atoms with Crippen molar-refractivity contribution in [2.24, 2.45) is 0 Å². The molecular formula is C16H27N3O. The van der Waals surface area contributed by atoms with Crippen LogP contribution in [0.5, 0.6) is 5.75 Å². The fourth-order valence-electron chi connectivity index (χ4n) is 2.75. The third-order valence-corrected chi connectivity index (χ3v) is 4.01. The number of ether oxygens (including phenoxy) is 1. The minimum Gasteiger partial charge on any atom is -0.491 e. The highest BCUT2D eigenvalue weighted by atomic mass is 16.5. The van der Waals surface area contributed by atoms with Gasteiger partial charge in [0.15, 0.2) is 0 Å². The summed E-state index contributed by atoms with van der Waals surface area (Å²) in [5.74, 6) is 0.806. The van der Waals surface area contributed by atoms with E-state index in [0.717, 1.165) is 24.4 Å². The molecule has 0 saturated carbocycles. The predicted molar refractivity (Wildman–Crippen MR) is 85.6 cm³/mol. The van der Waals surface area contributed by atoms with Crippen molar-refractivity contribution < 1.29 is 4.74 Å². The maximum atomic E-state index is 5.98. The van der Waals surface area contributed by atoms with E-state index in [1.54, 1.807) is 0 Å². The number of anilines is 2. The molecule has 2 rings (SSSR count). The van der Waals surface area contributed by atoms with Gasteiger partial charge in [-0.05, 0) is 45.0 Å². The molecule has 0 spiro atoms. The summed E-state index contributed by atoms with van der Waals surface area (Å²) in [4.78, 5) is 4.75. The molecule has 2 N–H and O–H groups in total. The number of hydrogen-bond donors (Lipinski definition) is 1. The van der Waals surface area contributed by atoms with Gasteiger partial charge in [-0.2, -0.15) is 0 Å². The summed E-state index contributed by atoms with van der Waals surface area (Å²) in [5, 5.41) is 0. The molecule has 1 aromatic carbocycles. The van der Waals surface area contributed by atoms with Crippen molar-refractivity contribution in [3.8, 4) is 5.75 Å². The highest BCUT2D eigenvalue weighted by Crippen LogP contribution is 2.29. The fourth-order valence-corrected chi connectivity index (χ4v) is 2.75. The van der Waals surface area contributed by atoms with Gasteiger partial charge in [-0.15, -0.1) is 0 Å². The van der Waals surface area contributed by atoms with Crippen molar-refractivity contribution >= 4 is 11.4 Å². The summed E-state index contributed by atoms with van der Waals surface area (Å²) >= 11 is 0. The van der Waals surface area contributed by atoms with Gasteiger partial charge in [0.1, 0.15) is 5.75 Å². The Bertz CT molecular complexity index is 436. The summed E-state index contributed by atoms with van der Waals surface area (Å²) in [6.07, 6.45) is 3.50. The SMILES string of the molecule is CCCOc1cc(N(C)C2CCCN(C)C2)ccc1N. The first-order chi connectivity index (χ1) is 9.61. The molecule has 1 atom stereocenters. The summed E-state index contributed by atoms with van der Waals surface area (Å²) in [6.45, 7) is 5.14. The Kier molecular flexibility index (Phi) is 5.12. The van der Waals surface area contributed by atoms with Gasteiger partial charge in [0.2, 0.25) is 0 Å². The van der Waals surface area contributed by atoms with Crippen molar-refractivity contribution in [1.82, 2.24) is 4.90 Å². The average Bonchev–Trinajstić information content (AvgIpc) is 2.45. The minimum atomic E-state index is 0.566. The molecule has 20 heavy (non-hydrogen) atoms. The molecule has 1 aromatic rings. The van der Waals surface area contributed by atoms with Crippen molar-refractivity contribution in [1.29, 1.82) is 0 Å². The largest absolute Gasteiger partial charge is 0.491 e. The molecular weight excluding hydrogens is 250 g/mol. The molecule has 1 unspecified atom stereocenters. The Morgan fingerprint density at radius 3 is 2.95 bits per heavy atom. The van der Waals surface area contributed by atoms with Gasteiger partial charge in [0, 0.05) is 31.4 Å². The van der Waals surface area contributed by atoms with E-state index in [4.69, 9.17) is 10.5 Å². The van der Waals surface area contributed by atoms with Gasteiger partial charge in [0.05, 0.1) is 12.3 Å². The topological polar surface area (TPSA) is 41.7 Å². The van der Waals surface area contributed by atoms with Crippen LogP contribution in [0.4, 0.5) is 11.4 Å². The van der Waals surface area contributed by atoms with Gasteiger partial charge < -0.3 is 20.3 Å². The van der Waals surface area contributed by atoms with E-state index in [-0.39, 0.29) is 0 Å².